The first-order chi connectivity index (χ1) is 5.84. The summed E-state index contributed by atoms with van der Waals surface area (Å²) in [5, 5.41) is 9.51. The molecular weight excluding hydrogens is 154 g/mol. The maximum absolute atomic E-state index is 9.51. The predicted octanol–water partition coefficient (Wildman–Crippen LogP) is 0.871. The molecule has 0 aliphatic heterocycles. The fourth-order valence-corrected chi connectivity index (χ4v) is 0.955. The maximum atomic E-state index is 9.51. The second-order valence-corrected chi connectivity index (χ2v) is 2.48. The van der Waals surface area contributed by atoms with Crippen LogP contribution in [0.5, 0.6) is 0 Å². The Labute approximate surface area is 71.9 Å². The van der Waals surface area contributed by atoms with E-state index in [0.717, 1.165) is 5.56 Å². The van der Waals surface area contributed by atoms with Crippen LogP contribution in [0.25, 0.3) is 0 Å². The van der Waals surface area contributed by atoms with Crippen LogP contribution in [-0.2, 0) is 4.84 Å². The van der Waals surface area contributed by atoms with Crippen molar-refractivity contribution in [3.05, 3.63) is 35.9 Å². The summed E-state index contributed by atoms with van der Waals surface area (Å²) >= 11 is 0. The number of hydrogen-bond acceptors (Lipinski definition) is 3. The third-order valence-corrected chi connectivity index (χ3v) is 1.61. The topological polar surface area (TPSA) is 41.5 Å². The summed E-state index contributed by atoms with van der Waals surface area (Å²) in [5.41, 5.74) is 3.49. The van der Waals surface area contributed by atoms with Crippen molar-refractivity contribution in [1.29, 1.82) is 0 Å². The molecule has 0 bridgehead atoms. The SMILES string of the molecule is CONCC(O)c1ccccc1. The van der Waals surface area contributed by atoms with Gasteiger partial charge in [-0.05, 0) is 5.56 Å². The Balaban J connectivity index is 2.48. The quantitative estimate of drug-likeness (QED) is 0.654. The van der Waals surface area contributed by atoms with E-state index in [1.165, 1.54) is 7.11 Å². The second-order valence-electron chi connectivity index (χ2n) is 2.48. The number of rotatable bonds is 4. The van der Waals surface area contributed by atoms with E-state index in [9.17, 15) is 5.11 Å². The van der Waals surface area contributed by atoms with Gasteiger partial charge in [0.05, 0.1) is 19.8 Å². The fourth-order valence-electron chi connectivity index (χ4n) is 0.955. The Morgan fingerprint density at radius 2 is 2.08 bits per heavy atom. The molecule has 0 amide bonds. The molecule has 0 aliphatic rings. The van der Waals surface area contributed by atoms with Gasteiger partial charge in [-0.1, -0.05) is 30.3 Å². The van der Waals surface area contributed by atoms with Crippen molar-refractivity contribution in [3.63, 3.8) is 0 Å². The zero-order valence-electron chi connectivity index (χ0n) is 7.03. The van der Waals surface area contributed by atoms with E-state index in [2.05, 4.69) is 10.3 Å². The van der Waals surface area contributed by atoms with Crippen molar-refractivity contribution >= 4 is 0 Å². The number of benzene rings is 1. The minimum absolute atomic E-state index is 0.403. The summed E-state index contributed by atoms with van der Waals surface area (Å²) in [6, 6.07) is 9.46. The van der Waals surface area contributed by atoms with Gasteiger partial charge in [0, 0.05) is 0 Å². The Bertz CT molecular complexity index is 213. The molecule has 3 nitrogen and oxygen atoms in total. The average Bonchev–Trinajstić information content (AvgIpc) is 2.15. The largest absolute Gasteiger partial charge is 0.387 e. The van der Waals surface area contributed by atoms with Gasteiger partial charge in [-0.25, -0.2) is 0 Å². The van der Waals surface area contributed by atoms with Crippen LogP contribution in [0, 0.1) is 0 Å². The molecule has 1 unspecified atom stereocenters. The predicted molar refractivity (Wildman–Crippen MR) is 46.4 cm³/mol. The fraction of sp³-hybridized carbons (Fsp3) is 0.333. The van der Waals surface area contributed by atoms with Crippen molar-refractivity contribution in [1.82, 2.24) is 5.48 Å². The molecule has 0 aromatic heterocycles. The highest BCUT2D eigenvalue weighted by Crippen LogP contribution is 2.09. The van der Waals surface area contributed by atoms with Crippen molar-refractivity contribution < 1.29 is 9.94 Å². The number of hydrogen-bond donors (Lipinski definition) is 2. The smallest absolute Gasteiger partial charge is 0.0937 e. The van der Waals surface area contributed by atoms with Gasteiger partial charge in [-0.3, -0.25) is 0 Å². The summed E-state index contributed by atoms with van der Waals surface area (Å²) in [6.07, 6.45) is -0.508. The molecule has 3 heteroatoms. The van der Waals surface area contributed by atoms with Crippen LogP contribution in [-0.4, -0.2) is 18.8 Å². The van der Waals surface area contributed by atoms with Gasteiger partial charge in [0.1, 0.15) is 0 Å². The number of nitrogens with one attached hydrogen (secondary N) is 1. The van der Waals surface area contributed by atoms with E-state index in [1.54, 1.807) is 0 Å². The first-order valence-corrected chi connectivity index (χ1v) is 3.83. The number of aliphatic hydroxyl groups is 1. The molecule has 66 valence electrons. The van der Waals surface area contributed by atoms with Crippen LogP contribution in [0.2, 0.25) is 0 Å². The van der Waals surface area contributed by atoms with Gasteiger partial charge in [-0.15, -0.1) is 0 Å². The van der Waals surface area contributed by atoms with Gasteiger partial charge < -0.3 is 9.94 Å². The van der Waals surface area contributed by atoms with E-state index in [4.69, 9.17) is 0 Å². The van der Waals surface area contributed by atoms with Gasteiger partial charge in [0.15, 0.2) is 0 Å². The van der Waals surface area contributed by atoms with E-state index in [0.29, 0.717) is 6.54 Å². The van der Waals surface area contributed by atoms with Crippen LogP contribution >= 0.6 is 0 Å². The van der Waals surface area contributed by atoms with Crippen LogP contribution < -0.4 is 5.48 Å². The molecule has 1 atom stereocenters. The maximum Gasteiger partial charge on any atom is 0.0937 e. The average molecular weight is 167 g/mol. The Morgan fingerprint density at radius 3 is 2.67 bits per heavy atom. The van der Waals surface area contributed by atoms with E-state index < -0.39 is 6.10 Å². The second kappa shape index (κ2) is 4.87. The Hall–Kier alpha value is -0.900. The summed E-state index contributed by atoms with van der Waals surface area (Å²) < 4.78 is 0. The highest BCUT2D eigenvalue weighted by molar-refractivity contribution is 5.17. The van der Waals surface area contributed by atoms with Crippen LogP contribution in [0.1, 0.15) is 11.7 Å². The van der Waals surface area contributed by atoms with E-state index >= 15 is 0 Å². The number of aliphatic hydroxyl groups excluding tert-OH is 1. The van der Waals surface area contributed by atoms with Gasteiger partial charge in [-0.2, -0.15) is 5.48 Å². The molecule has 0 spiro atoms. The van der Waals surface area contributed by atoms with Gasteiger partial charge >= 0.3 is 0 Å². The molecule has 1 aromatic rings. The molecule has 0 saturated heterocycles. The molecule has 12 heavy (non-hydrogen) atoms. The molecular formula is C9H13NO2. The van der Waals surface area contributed by atoms with Crippen LogP contribution in [0.3, 0.4) is 0 Å². The molecule has 0 aliphatic carbocycles. The zero-order valence-corrected chi connectivity index (χ0v) is 7.03. The minimum Gasteiger partial charge on any atom is -0.387 e. The lowest BCUT2D eigenvalue weighted by Crippen LogP contribution is -2.19. The molecule has 0 saturated carbocycles. The van der Waals surface area contributed by atoms with E-state index in [-0.39, 0.29) is 0 Å². The number of hydroxylamine groups is 1. The van der Waals surface area contributed by atoms with Crippen molar-refractivity contribution in [2.45, 2.75) is 6.10 Å². The summed E-state index contributed by atoms with van der Waals surface area (Å²) in [5.74, 6) is 0. The van der Waals surface area contributed by atoms with E-state index in [1.807, 2.05) is 30.3 Å². The summed E-state index contributed by atoms with van der Waals surface area (Å²) in [4.78, 5) is 4.62. The highest BCUT2D eigenvalue weighted by atomic mass is 16.6. The van der Waals surface area contributed by atoms with Crippen molar-refractivity contribution in [3.8, 4) is 0 Å². The minimum atomic E-state index is -0.508. The first kappa shape index (κ1) is 9.19. The molecule has 0 heterocycles. The van der Waals surface area contributed by atoms with Crippen LogP contribution in [0.4, 0.5) is 0 Å². The molecule has 1 rings (SSSR count). The normalized spacial score (nSPS) is 12.8. The first-order valence-electron chi connectivity index (χ1n) is 3.83. The lowest BCUT2D eigenvalue weighted by molar-refractivity contribution is 0.0499. The Kier molecular flexibility index (Phi) is 3.73. The molecule has 1 aromatic carbocycles. The molecule has 0 radical (unpaired) electrons. The van der Waals surface area contributed by atoms with Crippen molar-refractivity contribution in [2.75, 3.05) is 13.7 Å². The van der Waals surface area contributed by atoms with Crippen LogP contribution in [0.15, 0.2) is 30.3 Å². The third kappa shape index (κ3) is 2.62. The summed E-state index contributed by atoms with van der Waals surface area (Å²) in [6.45, 7) is 0.403. The third-order valence-electron chi connectivity index (χ3n) is 1.61. The summed E-state index contributed by atoms with van der Waals surface area (Å²) in [7, 11) is 1.53. The standard InChI is InChI=1S/C9H13NO2/c1-12-10-7-9(11)8-5-3-2-4-6-8/h2-6,9-11H,7H2,1H3. The van der Waals surface area contributed by atoms with Crippen molar-refractivity contribution in [2.24, 2.45) is 0 Å². The highest BCUT2D eigenvalue weighted by Gasteiger charge is 2.04. The Morgan fingerprint density at radius 1 is 1.42 bits per heavy atom. The lowest BCUT2D eigenvalue weighted by atomic mass is 10.1. The molecule has 0 fully saturated rings. The monoisotopic (exact) mass is 167 g/mol. The molecule has 2 N–H and O–H groups in total. The lowest BCUT2D eigenvalue weighted by Gasteiger charge is -2.10. The van der Waals surface area contributed by atoms with Gasteiger partial charge in [0.25, 0.3) is 0 Å². The zero-order chi connectivity index (χ0) is 8.81. The van der Waals surface area contributed by atoms with Gasteiger partial charge in [0.2, 0.25) is 0 Å².